The van der Waals surface area contributed by atoms with Crippen LogP contribution in [0.5, 0.6) is 0 Å². The van der Waals surface area contributed by atoms with E-state index in [-0.39, 0.29) is 0 Å². The molecule has 82 valence electrons. The highest BCUT2D eigenvalue weighted by atomic mass is 16.5. The third-order valence-electron chi connectivity index (χ3n) is 2.37. The number of ether oxygens (including phenoxy) is 2. The standard InChI is InChI=1S/C11H21NO2/c1-2-3-7-13-10-6-12-11-4-8-14-9-5-11/h2,11-12H,1,3-10H2. The van der Waals surface area contributed by atoms with Crippen LogP contribution in [-0.4, -0.2) is 39.0 Å². The molecule has 1 aliphatic rings. The van der Waals surface area contributed by atoms with Gasteiger partial charge in [0, 0.05) is 25.8 Å². The van der Waals surface area contributed by atoms with Crippen LogP contribution >= 0.6 is 0 Å². The fourth-order valence-corrected chi connectivity index (χ4v) is 1.51. The van der Waals surface area contributed by atoms with Gasteiger partial charge in [-0.15, -0.1) is 6.58 Å². The SMILES string of the molecule is C=CCCOCCNC1CCOCC1. The number of hydrogen-bond donors (Lipinski definition) is 1. The molecule has 3 nitrogen and oxygen atoms in total. The zero-order valence-electron chi connectivity index (χ0n) is 8.84. The van der Waals surface area contributed by atoms with Crippen LogP contribution < -0.4 is 5.32 Å². The van der Waals surface area contributed by atoms with E-state index in [4.69, 9.17) is 9.47 Å². The van der Waals surface area contributed by atoms with Gasteiger partial charge in [0.05, 0.1) is 13.2 Å². The van der Waals surface area contributed by atoms with E-state index in [1.807, 2.05) is 6.08 Å². The van der Waals surface area contributed by atoms with Crippen molar-refractivity contribution in [1.82, 2.24) is 5.32 Å². The minimum absolute atomic E-state index is 0.631. The van der Waals surface area contributed by atoms with E-state index >= 15 is 0 Å². The molecule has 1 N–H and O–H groups in total. The van der Waals surface area contributed by atoms with Crippen LogP contribution in [0.25, 0.3) is 0 Å². The summed E-state index contributed by atoms with van der Waals surface area (Å²) in [5.74, 6) is 0. The summed E-state index contributed by atoms with van der Waals surface area (Å²) in [5.41, 5.74) is 0. The van der Waals surface area contributed by atoms with Crippen LogP contribution in [0.2, 0.25) is 0 Å². The van der Waals surface area contributed by atoms with Gasteiger partial charge in [-0.05, 0) is 19.3 Å². The lowest BCUT2D eigenvalue weighted by Crippen LogP contribution is -2.36. The van der Waals surface area contributed by atoms with Crippen molar-refractivity contribution in [3.05, 3.63) is 12.7 Å². The van der Waals surface area contributed by atoms with Gasteiger partial charge in [0.2, 0.25) is 0 Å². The number of hydrogen-bond acceptors (Lipinski definition) is 3. The third kappa shape index (κ3) is 5.37. The van der Waals surface area contributed by atoms with E-state index in [9.17, 15) is 0 Å². The van der Waals surface area contributed by atoms with Crippen molar-refractivity contribution in [2.45, 2.75) is 25.3 Å². The van der Waals surface area contributed by atoms with E-state index in [0.29, 0.717) is 6.04 Å². The summed E-state index contributed by atoms with van der Waals surface area (Å²) in [7, 11) is 0. The molecule has 0 bridgehead atoms. The molecule has 0 spiro atoms. The van der Waals surface area contributed by atoms with Crippen molar-refractivity contribution in [1.29, 1.82) is 0 Å². The Bertz CT molecular complexity index is 144. The maximum Gasteiger partial charge on any atom is 0.0591 e. The molecule has 0 aromatic carbocycles. The highest BCUT2D eigenvalue weighted by Crippen LogP contribution is 2.05. The Morgan fingerprint density at radius 2 is 2.14 bits per heavy atom. The summed E-state index contributed by atoms with van der Waals surface area (Å²) in [6.07, 6.45) is 5.09. The highest BCUT2D eigenvalue weighted by Gasteiger charge is 2.11. The van der Waals surface area contributed by atoms with Crippen LogP contribution in [0.1, 0.15) is 19.3 Å². The lowest BCUT2D eigenvalue weighted by atomic mass is 10.1. The van der Waals surface area contributed by atoms with Gasteiger partial charge in [-0.3, -0.25) is 0 Å². The zero-order chi connectivity index (χ0) is 10.1. The Labute approximate surface area is 86.5 Å². The van der Waals surface area contributed by atoms with Gasteiger partial charge in [-0.1, -0.05) is 6.08 Å². The van der Waals surface area contributed by atoms with E-state index in [1.54, 1.807) is 0 Å². The summed E-state index contributed by atoms with van der Waals surface area (Å²) in [5, 5.41) is 3.47. The Morgan fingerprint density at radius 1 is 1.36 bits per heavy atom. The molecule has 14 heavy (non-hydrogen) atoms. The Hall–Kier alpha value is -0.380. The lowest BCUT2D eigenvalue weighted by Gasteiger charge is -2.23. The van der Waals surface area contributed by atoms with Gasteiger partial charge in [0.1, 0.15) is 0 Å². The van der Waals surface area contributed by atoms with Crippen molar-refractivity contribution in [3.8, 4) is 0 Å². The van der Waals surface area contributed by atoms with Crippen LogP contribution in [0.4, 0.5) is 0 Å². The summed E-state index contributed by atoms with van der Waals surface area (Å²) in [6.45, 7) is 7.97. The van der Waals surface area contributed by atoms with E-state index in [0.717, 1.165) is 52.2 Å². The predicted octanol–water partition coefficient (Wildman–Crippen LogP) is 1.35. The molecule has 0 unspecified atom stereocenters. The highest BCUT2D eigenvalue weighted by molar-refractivity contribution is 4.69. The van der Waals surface area contributed by atoms with Crippen LogP contribution in [-0.2, 0) is 9.47 Å². The molecule has 0 aromatic heterocycles. The molecule has 1 aliphatic heterocycles. The Kier molecular flexibility index (Phi) is 6.66. The van der Waals surface area contributed by atoms with Gasteiger partial charge in [-0.2, -0.15) is 0 Å². The second-order valence-electron chi connectivity index (χ2n) is 3.53. The van der Waals surface area contributed by atoms with Crippen LogP contribution in [0.15, 0.2) is 12.7 Å². The van der Waals surface area contributed by atoms with E-state index in [1.165, 1.54) is 0 Å². The molecule has 3 heteroatoms. The van der Waals surface area contributed by atoms with Crippen LogP contribution in [0, 0.1) is 0 Å². The first kappa shape index (κ1) is 11.7. The van der Waals surface area contributed by atoms with Crippen molar-refractivity contribution in [3.63, 3.8) is 0 Å². The van der Waals surface area contributed by atoms with Crippen molar-refractivity contribution < 1.29 is 9.47 Å². The van der Waals surface area contributed by atoms with E-state index < -0.39 is 0 Å². The smallest absolute Gasteiger partial charge is 0.0591 e. The maximum atomic E-state index is 5.40. The molecule has 0 aromatic rings. The number of rotatable bonds is 7. The van der Waals surface area contributed by atoms with Gasteiger partial charge in [0.25, 0.3) is 0 Å². The molecule has 0 saturated carbocycles. The van der Waals surface area contributed by atoms with Crippen LogP contribution in [0.3, 0.4) is 0 Å². The third-order valence-corrected chi connectivity index (χ3v) is 2.37. The molecular formula is C11H21NO2. The van der Waals surface area contributed by atoms with Gasteiger partial charge < -0.3 is 14.8 Å². The molecule has 0 amide bonds. The van der Waals surface area contributed by atoms with Crippen molar-refractivity contribution >= 4 is 0 Å². The van der Waals surface area contributed by atoms with E-state index in [2.05, 4.69) is 11.9 Å². The molecule has 0 radical (unpaired) electrons. The quantitative estimate of drug-likeness (QED) is 0.496. The maximum absolute atomic E-state index is 5.40. The van der Waals surface area contributed by atoms with Gasteiger partial charge >= 0.3 is 0 Å². The Balaban J connectivity index is 1.85. The first-order valence-corrected chi connectivity index (χ1v) is 5.43. The zero-order valence-corrected chi connectivity index (χ0v) is 8.84. The average Bonchev–Trinajstić information content (AvgIpc) is 2.25. The Morgan fingerprint density at radius 3 is 2.86 bits per heavy atom. The largest absolute Gasteiger partial charge is 0.381 e. The minimum Gasteiger partial charge on any atom is -0.381 e. The lowest BCUT2D eigenvalue weighted by molar-refractivity contribution is 0.0733. The average molecular weight is 199 g/mol. The molecular weight excluding hydrogens is 178 g/mol. The van der Waals surface area contributed by atoms with Gasteiger partial charge in [0.15, 0.2) is 0 Å². The monoisotopic (exact) mass is 199 g/mol. The normalized spacial score (nSPS) is 18.3. The number of nitrogens with one attached hydrogen (secondary N) is 1. The molecule has 1 fully saturated rings. The molecule has 1 rings (SSSR count). The molecule has 0 atom stereocenters. The predicted molar refractivity (Wildman–Crippen MR) is 57.5 cm³/mol. The summed E-state index contributed by atoms with van der Waals surface area (Å²) in [4.78, 5) is 0. The fourth-order valence-electron chi connectivity index (χ4n) is 1.51. The van der Waals surface area contributed by atoms with Gasteiger partial charge in [-0.25, -0.2) is 0 Å². The minimum atomic E-state index is 0.631. The topological polar surface area (TPSA) is 30.5 Å². The second-order valence-corrected chi connectivity index (χ2v) is 3.53. The first-order valence-electron chi connectivity index (χ1n) is 5.43. The van der Waals surface area contributed by atoms with Crippen molar-refractivity contribution in [2.24, 2.45) is 0 Å². The fraction of sp³-hybridized carbons (Fsp3) is 0.818. The molecule has 0 aliphatic carbocycles. The molecule has 1 saturated heterocycles. The summed E-state index contributed by atoms with van der Waals surface area (Å²) in [6, 6.07) is 0.631. The first-order chi connectivity index (χ1) is 6.93. The summed E-state index contributed by atoms with van der Waals surface area (Å²) < 4.78 is 10.7. The van der Waals surface area contributed by atoms with Crippen molar-refractivity contribution in [2.75, 3.05) is 33.0 Å². The second kappa shape index (κ2) is 7.97. The summed E-state index contributed by atoms with van der Waals surface area (Å²) >= 11 is 0. The molecule has 1 heterocycles.